The summed E-state index contributed by atoms with van der Waals surface area (Å²) in [4.78, 5) is 3.91. The van der Waals surface area contributed by atoms with Crippen molar-refractivity contribution >= 4 is 15.9 Å². The maximum Gasteiger partial charge on any atom is 0.332 e. The van der Waals surface area contributed by atoms with Crippen LogP contribution in [0.1, 0.15) is 5.56 Å². The molecule has 1 aromatic heterocycles. The first kappa shape index (κ1) is 7.03. The minimum absolute atomic E-state index is 0.634. The molecule has 0 aliphatic rings. The van der Waals surface area contributed by atoms with Gasteiger partial charge in [-0.25, -0.2) is 4.98 Å². The first-order chi connectivity index (χ1) is 4.22. The molecule has 0 saturated carbocycles. The highest BCUT2D eigenvalue weighted by atomic mass is 79.9. The van der Waals surface area contributed by atoms with Gasteiger partial charge >= 0.3 is 5.15 Å². The molecule has 9 heavy (non-hydrogen) atoms. The number of halogens is 2. The van der Waals surface area contributed by atoms with Crippen LogP contribution >= 0.6 is 15.9 Å². The van der Waals surface area contributed by atoms with Gasteiger partial charge in [-0.3, -0.25) is 0 Å². The van der Waals surface area contributed by atoms with Crippen LogP contribution in [-0.4, -0.2) is 4.98 Å². The van der Waals surface area contributed by atoms with Crippen LogP contribution in [0.5, 0.6) is 0 Å². The maximum atomic E-state index is 4.88. The lowest BCUT2D eigenvalue weighted by Gasteiger charge is -1.90. The van der Waals surface area contributed by atoms with Crippen LogP contribution in [0, 0.1) is 18.5 Å². The van der Waals surface area contributed by atoms with Gasteiger partial charge in [-0.1, -0.05) is 0 Å². The smallest absolute Gasteiger partial charge is 0.200 e. The highest BCUT2D eigenvalue weighted by molar-refractivity contribution is 9.10. The van der Waals surface area contributed by atoms with Crippen LogP contribution in [0.15, 0.2) is 16.7 Å². The standard InChI is InChI=1S/C6H6BrClN/c1-4-2-3-9-6(8)5(4)7/h2-3,8H,1H3/q+1. The number of hydrogen-bond donors (Lipinski definition) is 0. The van der Waals surface area contributed by atoms with Crippen molar-refractivity contribution in [2.75, 3.05) is 0 Å². The van der Waals surface area contributed by atoms with Gasteiger partial charge in [-0.05, 0) is 34.5 Å². The molecule has 1 nitrogen and oxygen atoms in total. The fourth-order valence-corrected chi connectivity index (χ4v) is 0.972. The van der Waals surface area contributed by atoms with Gasteiger partial charge in [-0.2, -0.15) is 0 Å². The fourth-order valence-electron chi connectivity index (χ4n) is 0.515. The van der Waals surface area contributed by atoms with Crippen molar-refractivity contribution < 1.29 is 11.6 Å². The largest absolute Gasteiger partial charge is 0.332 e. The topological polar surface area (TPSA) is 12.9 Å². The summed E-state index contributed by atoms with van der Waals surface area (Å²) in [6, 6.07) is 1.92. The Balaban J connectivity index is 3.25. The molecule has 1 aromatic rings. The van der Waals surface area contributed by atoms with E-state index in [1.165, 1.54) is 0 Å². The molecule has 0 unspecified atom stereocenters. The van der Waals surface area contributed by atoms with Crippen LogP contribution in [-0.2, 0) is 0 Å². The van der Waals surface area contributed by atoms with Gasteiger partial charge < -0.3 is 0 Å². The Morgan fingerprint density at radius 1 is 1.67 bits per heavy atom. The molecule has 0 saturated heterocycles. The number of rotatable bonds is 0. The van der Waals surface area contributed by atoms with Crippen molar-refractivity contribution in [1.82, 2.24) is 4.98 Å². The summed E-state index contributed by atoms with van der Waals surface area (Å²) in [5, 5.41) is 0.634. The van der Waals surface area contributed by atoms with Crippen molar-refractivity contribution in [2.24, 2.45) is 0 Å². The molecule has 0 bridgehead atoms. The summed E-state index contributed by atoms with van der Waals surface area (Å²) in [6.45, 7) is 1.99. The summed E-state index contributed by atoms with van der Waals surface area (Å²) < 4.78 is 0.931. The molecule has 0 spiro atoms. The average Bonchev–Trinajstić information content (AvgIpc) is 1.83. The molecule has 3 heteroatoms. The van der Waals surface area contributed by atoms with Crippen LogP contribution in [0.3, 0.4) is 0 Å². The second-order valence-corrected chi connectivity index (χ2v) is 2.93. The SMILES string of the molecule is Cc1ccnc([ClH+])c1Br. The Bertz CT molecular complexity index is 204. The van der Waals surface area contributed by atoms with Crippen molar-refractivity contribution in [3.05, 3.63) is 27.5 Å². The van der Waals surface area contributed by atoms with E-state index in [1.54, 1.807) is 6.20 Å². The second kappa shape index (κ2) is 2.67. The van der Waals surface area contributed by atoms with Gasteiger partial charge in [0.25, 0.3) is 0 Å². The van der Waals surface area contributed by atoms with E-state index in [0.29, 0.717) is 5.15 Å². The lowest BCUT2D eigenvalue weighted by atomic mass is 10.3. The van der Waals surface area contributed by atoms with Gasteiger partial charge in [-0.15, -0.1) is 0 Å². The number of hydrogen-bond acceptors (Lipinski definition) is 1. The van der Waals surface area contributed by atoms with Crippen molar-refractivity contribution in [3.63, 3.8) is 0 Å². The van der Waals surface area contributed by atoms with E-state index in [0.717, 1.165) is 10.0 Å². The maximum absolute atomic E-state index is 4.88. The number of nitrogens with zero attached hydrogens (tertiary/aromatic N) is 1. The number of aromatic nitrogens is 1. The fraction of sp³-hybridized carbons (Fsp3) is 0.167. The number of aryl methyl sites for hydroxylation is 1. The van der Waals surface area contributed by atoms with E-state index in [1.807, 2.05) is 13.0 Å². The molecule has 0 fully saturated rings. The normalized spacial score (nSPS) is 9.67. The summed E-state index contributed by atoms with van der Waals surface area (Å²) in [5.74, 6) is 0. The molecular weight excluding hydrogens is 201 g/mol. The van der Waals surface area contributed by atoms with Crippen molar-refractivity contribution in [1.29, 1.82) is 0 Å². The molecule has 0 N–H and O–H groups in total. The molecule has 1 heterocycles. The van der Waals surface area contributed by atoms with E-state index in [9.17, 15) is 0 Å². The van der Waals surface area contributed by atoms with Crippen LogP contribution in [0.2, 0.25) is 5.15 Å². The van der Waals surface area contributed by atoms with Crippen molar-refractivity contribution in [2.45, 2.75) is 6.92 Å². The van der Waals surface area contributed by atoms with Crippen molar-refractivity contribution in [3.8, 4) is 0 Å². The van der Waals surface area contributed by atoms with Crippen LogP contribution in [0.25, 0.3) is 0 Å². The summed E-state index contributed by atoms with van der Waals surface area (Å²) in [6.07, 6.45) is 1.71. The Kier molecular flexibility index (Phi) is 2.09. The van der Waals surface area contributed by atoms with E-state index in [-0.39, 0.29) is 0 Å². The first-order valence-electron chi connectivity index (χ1n) is 2.50. The third-order valence-electron chi connectivity index (χ3n) is 1.05. The molecule has 1 rings (SSSR count). The summed E-state index contributed by atoms with van der Waals surface area (Å²) >= 11 is 8.20. The quantitative estimate of drug-likeness (QED) is 0.592. The van der Waals surface area contributed by atoms with Gasteiger partial charge in [0.15, 0.2) is 11.6 Å². The third kappa shape index (κ3) is 1.43. The number of pyridine rings is 1. The highest BCUT2D eigenvalue weighted by Crippen LogP contribution is 2.18. The predicted octanol–water partition coefficient (Wildman–Crippen LogP) is 1.85. The van der Waals surface area contributed by atoms with Gasteiger partial charge in [0.2, 0.25) is 0 Å². The Labute approximate surface area is 67.2 Å². The second-order valence-electron chi connectivity index (χ2n) is 1.75. The molecule has 0 atom stereocenters. The summed E-state index contributed by atoms with van der Waals surface area (Å²) in [7, 11) is 0. The zero-order valence-electron chi connectivity index (χ0n) is 4.89. The monoisotopic (exact) mass is 206 g/mol. The van der Waals surface area contributed by atoms with E-state index >= 15 is 0 Å². The first-order valence-corrected chi connectivity index (χ1v) is 3.70. The molecule has 0 amide bonds. The molecule has 0 aliphatic heterocycles. The Hall–Kier alpha value is -0.0800. The van der Waals surface area contributed by atoms with Gasteiger partial charge in [0, 0.05) is 6.20 Å². The molecular formula is C6H6BrClN+. The predicted molar refractivity (Wildman–Crippen MR) is 37.2 cm³/mol. The van der Waals surface area contributed by atoms with Crippen LogP contribution in [0.4, 0.5) is 0 Å². The molecule has 0 aliphatic carbocycles. The minimum atomic E-state index is 0.634. The lowest BCUT2D eigenvalue weighted by molar-refractivity contribution is -0.297. The average molecular weight is 207 g/mol. The Morgan fingerprint density at radius 2 is 2.33 bits per heavy atom. The highest BCUT2D eigenvalue weighted by Gasteiger charge is 2.05. The molecule has 0 aromatic carbocycles. The third-order valence-corrected chi connectivity index (χ3v) is 2.62. The zero-order chi connectivity index (χ0) is 6.85. The molecule has 0 radical (unpaired) electrons. The van der Waals surface area contributed by atoms with E-state index in [2.05, 4.69) is 20.9 Å². The van der Waals surface area contributed by atoms with Gasteiger partial charge in [0.05, 0.1) is 0 Å². The lowest BCUT2D eigenvalue weighted by Crippen LogP contribution is -1.81. The summed E-state index contributed by atoms with van der Waals surface area (Å²) in [5.41, 5.74) is 1.13. The van der Waals surface area contributed by atoms with Gasteiger partial charge in [0.1, 0.15) is 4.47 Å². The minimum Gasteiger partial charge on any atom is -0.200 e. The zero-order valence-corrected chi connectivity index (χ0v) is 7.29. The van der Waals surface area contributed by atoms with E-state index < -0.39 is 0 Å². The van der Waals surface area contributed by atoms with Crippen LogP contribution < -0.4 is 0 Å². The molecule has 48 valence electrons. The Morgan fingerprint density at radius 3 is 2.78 bits per heavy atom. The van der Waals surface area contributed by atoms with E-state index in [4.69, 9.17) is 11.6 Å².